The van der Waals surface area contributed by atoms with Crippen molar-refractivity contribution in [3.8, 4) is 0 Å². The van der Waals surface area contributed by atoms with E-state index in [9.17, 15) is 4.79 Å². The predicted molar refractivity (Wildman–Crippen MR) is 82.9 cm³/mol. The van der Waals surface area contributed by atoms with Crippen LogP contribution >= 0.6 is 0 Å². The van der Waals surface area contributed by atoms with Gasteiger partial charge in [0.2, 0.25) is 5.91 Å². The normalized spacial score (nSPS) is 13.2. The summed E-state index contributed by atoms with van der Waals surface area (Å²) < 4.78 is 0. The van der Waals surface area contributed by atoms with Crippen molar-refractivity contribution in [1.29, 1.82) is 0 Å². The molecule has 1 amide bonds. The molecule has 0 aliphatic heterocycles. The smallest absolute Gasteiger partial charge is 0.220 e. The number of oxime groups is 1. The monoisotopic (exact) mass is 285 g/mol. The van der Waals surface area contributed by atoms with E-state index in [0.29, 0.717) is 12.8 Å². The van der Waals surface area contributed by atoms with Crippen LogP contribution in [0.3, 0.4) is 0 Å². The molecule has 0 saturated carbocycles. The van der Waals surface area contributed by atoms with E-state index >= 15 is 0 Å². The molecule has 0 heterocycles. The maximum Gasteiger partial charge on any atom is 0.220 e. The Morgan fingerprint density at radius 3 is 2.25 bits per heavy atom. The first kappa shape index (κ1) is 18.7. The second-order valence-corrected chi connectivity index (χ2v) is 5.30. The van der Waals surface area contributed by atoms with Crippen LogP contribution in [-0.2, 0) is 4.79 Å². The highest BCUT2D eigenvalue weighted by molar-refractivity contribution is 5.89. The highest BCUT2D eigenvalue weighted by Crippen LogP contribution is 2.08. The second kappa shape index (κ2) is 12.8. The topological polar surface area (TPSA) is 87.7 Å². The van der Waals surface area contributed by atoms with Gasteiger partial charge in [-0.3, -0.25) is 4.79 Å². The summed E-state index contributed by atoms with van der Waals surface area (Å²) in [4.78, 5) is 11.8. The van der Waals surface area contributed by atoms with Gasteiger partial charge in [0.05, 0.1) is 6.04 Å². The molecule has 118 valence electrons. The SMILES string of the molecule is CCCCCCCCCC(=O)NC(CCC)C(N)=NO. The molecule has 0 aromatic carbocycles. The van der Waals surface area contributed by atoms with Crippen molar-refractivity contribution < 1.29 is 10.0 Å². The van der Waals surface area contributed by atoms with Gasteiger partial charge in [0, 0.05) is 6.42 Å². The molecular weight excluding hydrogens is 254 g/mol. The first-order valence-electron chi connectivity index (χ1n) is 7.92. The fourth-order valence-corrected chi connectivity index (χ4v) is 2.16. The van der Waals surface area contributed by atoms with Gasteiger partial charge in [-0.1, -0.05) is 63.9 Å². The van der Waals surface area contributed by atoms with E-state index in [2.05, 4.69) is 17.4 Å². The summed E-state index contributed by atoms with van der Waals surface area (Å²) in [5, 5.41) is 14.5. The zero-order valence-corrected chi connectivity index (χ0v) is 13.0. The van der Waals surface area contributed by atoms with Gasteiger partial charge in [-0.2, -0.15) is 0 Å². The number of carbonyl (C=O) groups is 1. The summed E-state index contributed by atoms with van der Waals surface area (Å²) in [5.74, 6) is 0.0726. The minimum Gasteiger partial charge on any atom is -0.409 e. The third-order valence-electron chi connectivity index (χ3n) is 3.39. The molecule has 0 bridgehead atoms. The molecular formula is C15H31N3O2. The number of nitrogens with two attached hydrogens (primary N) is 1. The molecule has 0 spiro atoms. The van der Waals surface area contributed by atoms with Crippen LogP contribution in [0.15, 0.2) is 5.16 Å². The Labute approximate surface area is 123 Å². The Morgan fingerprint density at radius 2 is 1.70 bits per heavy atom. The number of unbranched alkanes of at least 4 members (excludes halogenated alkanes) is 6. The largest absolute Gasteiger partial charge is 0.409 e. The van der Waals surface area contributed by atoms with Gasteiger partial charge in [-0.15, -0.1) is 0 Å². The Hall–Kier alpha value is -1.26. The zero-order valence-electron chi connectivity index (χ0n) is 13.0. The summed E-state index contributed by atoms with van der Waals surface area (Å²) in [6.07, 6.45) is 10.4. The third-order valence-corrected chi connectivity index (χ3v) is 3.39. The maximum absolute atomic E-state index is 11.8. The van der Waals surface area contributed by atoms with Crippen LogP contribution in [0.4, 0.5) is 0 Å². The van der Waals surface area contributed by atoms with Crippen LogP contribution in [-0.4, -0.2) is 23.0 Å². The molecule has 0 saturated heterocycles. The molecule has 0 aliphatic carbocycles. The molecule has 0 rings (SSSR count). The Bertz CT molecular complexity index is 280. The molecule has 20 heavy (non-hydrogen) atoms. The van der Waals surface area contributed by atoms with Crippen molar-refractivity contribution in [2.45, 2.75) is 84.1 Å². The molecule has 5 nitrogen and oxygen atoms in total. The molecule has 0 radical (unpaired) electrons. The standard InChI is InChI=1S/C15H31N3O2/c1-3-5-6-7-8-9-10-12-14(19)17-13(11-4-2)15(16)18-20/h13,20H,3-12H2,1-2H3,(H2,16,18)(H,17,19). The van der Waals surface area contributed by atoms with Crippen LogP contribution in [0.25, 0.3) is 0 Å². The number of nitrogens with one attached hydrogen (secondary N) is 1. The minimum absolute atomic E-state index is 0.0105. The number of rotatable bonds is 12. The van der Waals surface area contributed by atoms with E-state index in [1.165, 1.54) is 32.1 Å². The van der Waals surface area contributed by atoms with Gasteiger partial charge < -0.3 is 16.3 Å². The van der Waals surface area contributed by atoms with Crippen molar-refractivity contribution in [3.63, 3.8) is 0 Å². The highest BCUT2D eigenvalue weighted by Gasteiger charge is 2.15. The zero-order chi connectivity index (χ0) is 15.2. The predicted octanol–water partition coefficient (Wildman–Crippen LogP) is 3.16. The summed E-state index contributed by atoms with van der Waals surface area (Å²) >= 11 is 0. The lowest BCUT2D eigenvalue weighted by Gasteiger charge is -2.16. The minimum atomic E-state index is -0.345. The van der Waals surface area contributed by atoms with Crippen molar-refractivity contribution in [2.24, 2.45) is 10.9 Å². The summed E-state index contributed by atoms with van der Waals surface area (Å²) in [6, 6.07) is -0.345. The highest BCUT2D eigenvalue weighted by atomic mass is 16.4. The summed E-state index contributed by atoms with van der Waals surface area (Å²) in [6.45, 7) is 4.21. The molecule has 4 N–H and O–H groups in total. The lowest BCUT2D eigenvalue weighted by molar-refractivity contribution is -0.121. The van der Waals surface area contributed by atoms with Gasteiger partial charge in [0.25, 0.3) is 0 Å². The maximum atomic E-state index is 11.8. The number of nitrogens with zero attached hydrogens (tertiary/aromatic N) is 1. The van der Waals surface area contributed by atoms with Gasteiger partial charge in [0.15, 0.2) is 5.84 Å². The third kappa shape index (κ3) is 9.64. The molecule has 0 fully saturated rings. The Morgan fingerprint density at radius 1 is 1.10 bits per heavy atom. The molecule has 1 atom stereocenters. The summed E-state index contributed by atoms with van der Waals surface area (Å²) in [5.41, 5.74) is 5.56. The van der Waals surface area contributed by atoms with E-state index in [-0.39, 0.29) is 17.8 Å². The number of amides is 1. The van der Waals surface area contributed by atoms with Crippen molar-refractivity contribution in [2.75, 3.05) is 0 Å². The van der Waals surface area contributed by atoms with Gasteiger partial charge in [-0.05, 0) is 12.8 Å². The fourth-order valence-electron chi connectivity index (χ4n) is 2.16. The van der Waals surface area contributed by atoms with Crippen LogP contribution in [0.1, 0.15) is 78.1 Å². The number of hydrogen-bond acceptors (Lipinski definition) is 3. The summed E-state index contributed by atoms with van der Waals surface area (Å²) in [7, 11) is 0. The van der Waals surface area contributed by atoms with Crippen LogP contribution in [0.2, 0.25) is 0 Å². The van der Waals surface area contributed by atoms with Gasteiger partial charge in [0.1, 0.15) is 0 Å². The van der Waals surface area contributed by atoms with Crippen LogP contribution in [0.5, 0.6) is 0 Å². The van der Waals surface area contributed by atoms with E-state index in [4.69, 9.17) is 10.9 Å². The molecule has 0 aromatic heterocycles. The van der Waals surface area contributed by atoms with Crippen LogP contribution < -0.4 is 11.1 Å². The number of carbonyl (C=O) groups excluding carboxylic acids is 1. The van der Waals surface area contributed by atoms with Crippen molar-refractivity contribution >= 4 is 11.7 Å². The van der Waals surface area contributed by atoms with Gasteiger partial charge >= 0.3 is 0 Å². The van der Waals surface area contributed by atoms with Crippen molar-refractivity contribution in [3.05, 3.63) is 0 Å². The molecule has 0 aliphatic rings. The second-order valence-electron chi connectivity index (χ2n) is 5.30. The van der Waals surface area contributed by atoms with E-state index in [1.54, 1.807) is 0 Å². The van der Waals surface area contributed by atoms with Crippen LogP contribution in [0, 0.1) is 0 Å². The first-order valence-corrected chi connectivity index (χ1v) is 7.92. The number of hydrogen-bond donors (Lipinski definition) is 3. The average Bonchev–Trinajstić information content (AvgIpc) is 2.45. The first-order chi connectivity index (χ1) is 9.65. The lowest BCUT2D eigenvalue weighted by atomic mass is 10.1. The number of amidine groups is 1. The molecule has 1 unspecified atom stereocenters. The average molecular weight is 285 g/mol. The quantitative estimate of drug-likeness (QED) is 0.169. The van der Waals surface area contributed by atoms with Crippen molar-refractivity contribution in [1.82, 2.24) is 5.32 Å². The van der Waals surface area contributed by atoms with E-state index < -0.39 is 0 Å². The molecule has 5 heteroatoms. The van der Waals surface area contributed by atoms with Gasteiger partial charge in [-0.25, -0.2) is 0 Å². The fraction of sp³-hybridized carbons (Fsp3) is 0.867. The van der Waals surface area contributed by atoms with E-state index in [1.807, 2.05) is 6.92 Å². The van der Waals surface area contributed by atoms with E-state index in [0.717, 1.165) is 19.3 Å². The lowest BCUT2D eigenvalue weighted by Crippen LogP contribution is -2.44. The Balaban J connectivity index is 3.75. The Kier molecular flexibility index (Phi) is 12.0. The molecule has 0 aromatic rings.